The van der Waals surface area contributed by atoms with Crippen molar-refractivity contribution >= 4 is 6.08 Å². The first kappa shape index (κ1) is 19.5. The van der Waals surface area contributed by atoms with Crippen LogP contribution >= 0.6 is 0 Å². The zero-order chi connectivity index (χ0) is 19.1. The molecule has 2 aliphatic heterocycles. The van der Waals surface area contributed by atoms with Crippen LogP contribution in [-0.2, 0) is 18.9 Å². The van der Waals surface area contributed by atoms with Crippen molar-refractivity contribution in [2.45, 2.75) is 77.5 Å². The fourth-order valence-electron chi connectivity index (χ4n) is 3.54. The molecule has 2 aliphatic rings. The van der Waals surface area contributed by atoms with Gasteiger partial charge in [-0.15, -0.1) is 0 Å². The second kappa shape index (κ2) is 7.06. The summed E-state index contributed by atoms with van der Waals surface area (Å²) >= 11 is 0. The number of aliphatic hydroxyl groups excluding tert-OH is 1. The van der Waals surface area contributed by atoms with E-state index >= 15 is 0 Å². The summed E-state index contributed by atoms with van der Waals surface area (Å²) in [5.74, 6) is -1.50. The third-order valence-electron chi connectivity index (χ3n) is 4.78. The van der Waals surface area contributed by atoms with Crippen molar-refractivity contribution in [2.24, 2.45) is 0 Å². The van der Waals surface area contributed by atoms with Crippen LogP contribution in [0.4, 0.5) is 0 Å². The van der Waals surface area contributed by atoms with Gasteiger partial charge in [0.25, 0.3) is 0 Å². The number of aliphatic hydroxyl groups is 1. The summed E-state index contributed by atoms with van der Waals surface area (Å²) in [6.45, 7) is 11.8. The zero-order valence-electron chi connectivity index (χ0n) is 16.5. The molecule has 2 saturated heterocycles. The predicted octanol–water partition coefficient (Wildman–Crippen LogP) is 3.35. The first-order chi connectivity index (χ1) is 12.1. The van der Waals surface area contributed by atoms with Crippen LogP contribution in [0.2, 0.25) is 0 Å². The topological polar surface area (TPSA) is 57.2 Å². The first-order valence-electron chi connectivity index (χ1n) is 9.17. The molecule has 2 heterocycles. The van der Waals surface area contributed by atoms with Gasteiger partial charge in [0.05, 0.1) is 6.61 Å². The zero-order valence-corrected chi connectivity index (χ0v) is 16.5. The van der Waals surface area contributed by atoms with E-state index in [2.05, 4.69) is 32.0 Å². The smallest absolute Gasteiger partial charge is 0.164 e. The Kier molecular flexibility index (Phi) is 5.30. The van der Waals surface area contributed by atoms with Crippen LogP contribution in [0, 0.1) is 13.8 Å². The van der Waals surface area contributed by atoms with Crippen molar-refractivity contribution in [1.82, 2.24) is 0 Å². The summed E-state index contributed by atoms with van der Waals surface area (Å²) in [5, 5.41) is 10.4. The van der Waals surface area contributed by atoms with Crippen molar-refractivity contribution in [3.05, 3.63) is 41.0 Å². The van der Waals surface area contributed by atoms with Crippen molar-refractivity contribution in [1.29, 1.82) is 0 Å². The standard InChI is InChI=1S/C21H30O5/c1-13-7-8-15(14(2)11-13)9-10-17-19(26-21(5,6)24-17)18-16(22)12-23-20(3,4)25-18/h7-11,16-19,22H,12H2,1-6H3/b10-9+/t16-,17-,18-,19-/m1/s1. The molecular weight excluding hydrogens is 332 g/mol. The lowest BCUT2D eigenvalue weighted by Gasteiger charge is -2.41. The molecule has 0 aliphatic carbocycles. The number of benzene rings is 1. The molecule has 0 aromatic heterocycles. The normalized spacial score (nSPS) is 33.7. The van der Waals surface area contributed by atoms with Crippen LogP contribution in [-0.4, -0.2) is 47.7 Å². The monoisotopic (exact) mass is 362 g/mol. The highest BCUT2D eigenvalue weighted by atomic mass is 16.8. The number of hydrogen-bond donors (Lipinski definition) is 1. The molecule has 0 bridgehead atoms. The highest BCUT2D eigenvalue weighted by molar-refractivity contribution is 5.54. The van der Waals surface area contributed by atoms with Gasteiger partial charge in [-0.05, 0) is 52.7 Å². The molecule has 1 N–H and O–H groups in total. The van der Waals surface area contributed by atoms with E-state index in [1.54, 1.807) is 0 Å². The van der Waals surface area contributed by atoms with Gasteiger partial charge in [-0.2, -0.15) is 0 Å². The van der Waals surface area contributed by atoms with E-state index in [4.69, 9.17) is 18.9 Å². The summed E-state index contributed by atoms with van der Waals surface area (Å²) in [6, 6.07) is 6.34. The van der Waals surface area contributed by atoms with Gasteiger partial charge < -0.3 is 24.1 Å². The maximum absolute atomic E-state index is 10.4. The van der Waals surface area contributed by atoms with Gasteiger partial charge in [0.2, 0.25) is 0 Å². The molecule has 1 aromatic carbocycles. The lowest BCUT2D eigenvalue weighted by Crippen LogP contribution is -2.55. The van der Waals surface area contributed by atoms with E-state index in [-0.39, 0.29) is 12.7 Å². The Labute approximate surface area is 155 Å². The molecule has 144 valence electrons. The quantitative estimate of drug-likeness (QED) is 0.894. The van der Waals surface area contributed by atoms with Crippen LogP contribution in [0.1, 0.15) is 44.4 Å². The van der Waals surface area contributed by atoms with Crippen molar-refractivity contribution < 1.29 is 24.1 Å². The maximum Gasteiger partial charge on any atom is 0.164 e. The second-order valence-electron chi connectivity index (χ2n) is 8.14. The Bertz CT molecular complexity index is 679. The molecule has 0 amide bonds. The molecule has 0 saturated carbocycles. The van der Waals surface area contributed by atoms with Gasteiger partial charge in [0, 0.05) is 0 Å². The van der Waals surface area contributed by atoms with Gasteiger partial charge >= 0.3 is 0 Å². The van der Waals surface area contributed by atoms with Gasteiger partial charge in [-0.3, -0.25) is 0 Å². The SMILES string of the molecule is Cc1ccc(/C=C/[C@H]2OC(C)(C)O[C@H]2[C@@H]2OC(C)(C)OC[C@H]2O)c(C)c1. The fraction of sp³-hybridized carbons (Fsp3) is 0.619. The minimum absolute atomic E-state index is 0.214. The molecule has 4 atom stereocenters. The first-order valence-corrected chi connectivity index (χ1v) is 9.17. The molecule has 1 aromatic rings. The molecule has 5 nitrogen and oxygen atoms in total. The summed E-state index contributed by atoms with van der Waals surface area (Å²) < 4.78 is 23.7. The van der Waals surface area contributed by atoms with E-state index in [1.807, 2.05) is 39.8 Å². The van der Waals surface area contributed by atoms with Crippen molar-refractivity contribution in [2.75, 3.05) is 6.61 Å². The second-order valence-corrected chi connectivity index (χ2v) is 8.14. The van der Waals surface area contributed by atoms with Gasteiger partial charge in [0.1, 0.15) is 24.4 Å². The number of aryl methyl sites for hydroxylation is 2. The summed E-state index contributed by atoms with van der Waals surface area (Å²) in [4.78, 5) is 0. The predicted molar refractivity (Wildman–Crippen MR) is 99.7 cm³/mol. The molecule has 26 heavy (non-hydrogen) atoms. The van der Waals surface area contributed by atoms with E-state index in [0.29, 0.717) is 0 Å². The lowest BCUT2D eigenvalue weighted by molar-refractivity contribution is -0.322. The molecule has 0 spiro atoms. The van der Waals surface area contributed by atoms with Crippen LogP contribution in [0.25, 0.3) is 6.08 Å². The van der Waals surface area contributed by atoms with Crippen LogP contribution < -0.4 is 0 Å². The highest BCUT2D eigenvalue weighted by Crippen LogP contribution is 2.36. The van der Waals surface area contributed by atoms with E-state index in [1.165, 1.54) is 11.1 Å². The largest absolute Gasteiger partial charge is 0.388 e. The Balaban J connectivity index is 1.83. The third-order valence-corrected chi connectivity index (χ3v) is 4.78. The summed E-state index contributed by atoms with van der Waals surface area (Å²) in [5.41, 5.74) is 3.58. The minimum atomic E-state index is -0.762. The summed E-state index contributed by atoms with van der Waals surface area (Å²) in [7, 11) is 0. The van der Waals surface area contributed by atoms with Crippen LogP contribution in [0.3, 0.4) is 0 Å². The fourth-order valence-corrected chi connectivity index (χ4v) is 3.54. The van der Waals surface area contributed by atoms with Gasteiger partial charge in [-0.1, -0.05) is 35.9 Å². The molecule has 2 fully saturated rings. The average molecular weight is 362 g/mol. The molecule has 0 radical (unpaired) electrons. The number of hydrogen-bond acceptors (Lipinski definition) is 5. The Morgan fingerprint density at radius 2 is 1.69 bits per heavy atom. The maximum atomic E-state index is 10.4. The van der Waals surface area contributed by atoms with Crippen LogP contribution in [0.15, 0.2) is 24.3 Å². The van der Waals surface area contributed by atoms with Crippen molar-refractivity contribution in [3.8, 4) is 0 Å². The number of ether oxygens (including phenoxy) is 4. The Morgan fingerprint density at radius 3 is 2.38 bits per heavy atom. The molecular formula is C21H30O5. The van der Waals surface area contributed by atoms with E-state index < -0.39 is 29.9 Å². The summed E-state index contributed by atoms with van der Waals surface area (Å²) in [6.07, 6.45) is 2.03. The Morgan fingerprint density at radius 1 is 1.00 bits per heavy atom. The van der Waals surface area contributed by atoms with Crippen molar-refractivity contribution in [3.63, 3.8) is 0 Å². The molecule has 5 heteroatoms. The molecule has 0 unspecified atom stereocenters. The number of rotatable bonds is 3. The molecule has 3 rings (SSSR count). The average Bonchev–Trinajstić information content (AvgIpc) is 2.84. The van der Waals surface area contributed by atoms with Gasteiger partial charge in [-0.25, -0.2) is 0 Å². The van der Waals surface area contributed by atoms with Crippen LogP contribution in [0.5, 0.6) is 0 Å². The minimum Gasteiger partial charge on any atom is -0.388 e. The lowest BCUT2D eigenvalue weighted by atomic mass is 9.99. The third kappa shape index (κ3) is 4.35. The van der Waals surface area contributed by atoms with E-state index in [9.17, 15) is 5.11 Å². The Hall–Kier alpha value is -1.24. The highest BCUT2D eigenvalue weighted by Gasteiger charge is 2.50. The van der Waals surface area contributed by atoms with Gasteiger partial charge in [0.15, 0.2) is 11.6 Å². The van der Waals surface area contributed by atoms with E-state index in [0.717, 1.165) is 5.56 Å².